The standard InChI is InChI=1S/C13H14N2O2S/c14-10-5-3-9(4-6-10)11(16)8-15-13(17)12-2-1-7-18-12/h1-7,11,16H,8,14H2,(H,15,17). The predicted octanol–water partition coefficient (Wildman–Crippen LogP) is 1.79. The summed E-state index contributed by atoms with van der Waals surface area (Å²) in [6, 6.07) is 10.5. The van der Waals surface area contributed by atoms with E-state index in [2.05, 4.69) is 5.32 Å². The number of nitrogens with two attached hydrogens (primary N) is 1. The number of carbonyl (C=O) groups excluding carboxylic acids is 1. The zero-order chi connectivity index (χ0) is 13.0. The smallest absolute Gasteiger partial charge is 0.261 e. The van der Waals surface area contributed by atoms with Gasteiger partial charge >= 0.3 is 0 Å². The summed E-state index contributed by atoms with van der Waals surface area (Å²) in [7, 11) is 0. The number of hydrogen-bond acceptors (Lipinski definition) is 4. The molecule has 1 heterocycles. The maximum absolute atomic E-state index is 11.7. The number of aliphatic hydroxyl groups is 1. The van der Waals surface area contributed by atoms with Crippen LogP contribution in [0.15, 0.2) is 41.8 Å². The molecule has 0 aliphatic rings. The van der Waals surface area contributed by atoms with Gasteiger partial charge in [-0.05, 0) is 29.1 Å². The molecule has 4 N–H and O–H groups in total. The van der Waals surface area contributed by atoms with E-state index >= 15 is 0 Å². The number of anilines is 1. The molecule has 0 saturated carbocycles. The number of nitrogen functional groups attached to an aromatic ring is 1. The third kappa shape index (κ3) is 3.09. The summed E-state index contributed by atoms with van der Waals surface area (Å²) in [5, 5.41) is 14.4. The molecule has 94 valence electrons. The van der Waals surface area contributed by atoms with E-state index in [1.807, 2.05) is 11.4 Å². The van der Waals surface area contributed by atoms with E-state index in [1.54, 1.807) is 30.3 Å². The van der Waals surface area contributed by atoms with Crippen molar-refractivity contribution in [1.82, 2.24) is 5.32 Å². The van der Waals surface area contributed by atoms with Crippen LogP contribution >= 0.6 is 11.3 Å². The van der Waals surface area contributed by atoms with E-state index in [0.717, 1.165) is 5.56 Å². The van der Waals surface area contributed by atoms with Crippen LogP contribution in [0.1, 0.15) is 21.3 Å². The van der Waals surface area contributed by atoms with Crippen LogP contribution in [-0.2, 0) is 0 Å². The van der Waals surface area contributed by atoms with Crippen LogP contribution in [0.2, 0.25) is 0 Å². The number of amides is 1. The van der Waals surface area contributed by atoms with E-state index in [4.69, 9.17) is 5.73 Å². The molecule has 1 unspecified atom stereocenters. The first-order valence-corrected chi connectivity index (χ1v) is 6.40. The minimum absolute atomic E-state index is 0.167. The van der Waals surface area contributed by atoms with E-state index < -0.39 is 6.10 Å². The molecule has 0 spiro atoms. The monoisotopic (exact) mass is 262 g/mol. The van der Waals surface area contributed by atoms with Crippen molar-refractivity contribution >= 4 is 22.9 Å². The Balaban J connectivity index is 1.90. The van der Waals surface area contributed by atoms with Crippen LogP contribution < -0.4 is 11.1 Å². The molecule has 2 aromatic rings. The number of carbonyl (C=O) groups is 1. The maximum atomic E-state index is 11.7. The van der Waals surface area contributed by atoms with Gasteiger partial charge in [-0.25, -0.2) is 0 Å². The summed E-state index contributed by atoms with van der Waals surface area (Å²) < 4.78 is 0. The fourth-order valence-corrected chi connectivity index (χ4v) is 2.16. The van der Waals surface area contributed by atoms with Gasteiger partial charge in [0.05, 0.1) is 11.0 Å². The second-order valence-corrected chi connectivity index (χ2v) is 4.82. The van der Waals surface area contributed by atoms with Gasteiger partial charge in [0.15, 0.2) is 0 Å². The Bertz CT molecular complexity index is 508. The number of aliphatic hydroxyl groups excluding tert-OH is 1. The summed E-state index contributed by atoms with van der Waals surface area (Å²) in [5.41, 5.74) is 6.94. The lowest BCUT2D eigenvalue weighted by molar-refractivity contribution is 0.0920. The molecular weight excluding hydrogens is 248 g/mol. The molecule has 1 aromatic carbocycles. The minimum atomic E-state index is -0.727. The topological polar surface area (TPSA) is 75.3 Å². The minimum Gasteiger partial charge on any atom is -0.399 e. The van der Waals surface area contributed by atoms with Crippen LogP contribution in [0, 0.1) is 0 Å². The van der Waals surface area contributed by atoms with Gasteiger partial charge in [-0.15, -0.1) is 11.3 Å². The normalized spacial score (nSPS) is 12.1. The highest BCUT2D eigenvalue weighted by molar-refractivity contribution is 7.12. The van der Waals surface area contributed by atoms with Gasteiger partial charge in [-0.1, -0.05) is 18.2 Å². The number of benzene rings is 1. The summed E-state index contributed by atoms with van der Waals surface area (Å²) in [6.45, 7) is 0.181. The highest BCUT2D eigenvalue weighted by Crippen LogP contribution is 2.14. The van der Waals surface area contributed by atoms with Crippen molar-refractivity contribution in [3.05, 3.63) is 52.2 Å². The molecule has 5 heteroatoms. The van der Waals surface area contributed by atoms with Crippen LogP contribution in [0.3, 0.4) is 0 Å². The van der Waals surface area contributed by atoms with Crippen molar-refractivity contribution in [2.24, 2.45) is 0 Å². The van der Waals surface area contributed by atoms with Crippen LogP contribution in [0.5, 0.6) is 0 Å². The Kier molecular flexibility index (Phi) is 3.96. The number of hydrogen-bond donors (Lipinski definition) is 3. The van der Waals surface area contributed by atoms with Crippen molar-refractivity contribution in [3.8, 4) is 0 Å². The van der Waals surface area contributed by atoms with Gasteiger partial charge in [0.1, 0.15) is 0 Å². The average molecular weight is 262 g/mol. The van der Waals surface area contributed by atoms with Gasteiger partial charge in [0.2, 0.25) is 0 Å². The molecule has 1 aromatic heterocycles. The Labute approximate surface area is 109 Å². The van der Waals surface area contributed by atoms with Crippen molar-refractivity contribution in [2.75, 3.05) is 12.3 Å². The third-order valence-electron chi connectivity index (χ3n) is 2.52. The lowest BCUT2D eigenvalue weighted by Gasteiger charge is -2.12. The molecule has 0 aliphatic heterocycles. The zero-order valence-corrected chi connectivity index (χ0v) is 10.5. The summed E-state index contributed by atoms with van der Waals surface area (Å²) >= 11 is 1.37. The quantitative estimate of drug-likeness (QED) is 0.735. The molecule has 0 saturated heterocycles. The lowest BCUT2D eigenvalue weighted by Crippen LogP contribution is -2.27. The Hall–Kier alpha value is -1.85. The second-order valence-electron chi connectivity index (χ2n) is 3.87. The van der Waals surface area contributed by atoms with Crippen LogP contribution in [-0.4, -0.2) is 17.6 Å². The number of rotatable bonds is 4. The highest BCUT2D eigenvalue weighted by Gasteiger charge is 2.11. The highest BCUT2D eigenvalue weighted by atomic mass is 32.1. The molecular formula is C13H14N2O2S. The Morgan fingerprint density at radius 3 is 2.67 bits per heavy atom. The van der Waals surface area contributed by atoms with E-state index in [9.17, 15) is 9.90 Å². The summed E-state index contributed by atoms with van der Waals surface area (Å²) in [4.78, 5) is 12.3. The zero-order valence-electron chi connectivity index (χ0n) is 9.67. The Morgan fingerprint density at radius 2 is 2.06 bits per heavy atom. The summed E-state index contributed by atoms with van der Waals surface area (Å²) in [6.07, 6.45) is -0.727. The van der Waals surface area contributed by atoms with E-state index in [0.29, 0.717) is 10.6 Å². The van der Waals surface area contributed by atoms with Gasteiger partial charge in [0.25, 0.3) is 5.91 Å². The van der Waals surface area contributed by atoms with Crippen molar-refractivity contribution in [2.45, 2.75) is 6.10 Å². The molecule has 0 fully saturated rings. The van der Waals surface area contributed by atoms with Gasteiger partial charge in [-0.2, -0.15) is 0 Å². The number of thiophene rings is 1. The van der Waals surface area contributed by atoms with Crippen molar-refractivity contribution in [3.63, 3.8) is 0 Å². The molecule has 0 aliphatic carbocycles. The van der Waals surface area contributed by atoms with Crippen molar-refractivity contribution < 1.29 is 9.90 Å². The van der Waals surface area contributed by atoms with Crippen molar-refractivity contribution in [1.29, 1.82) is 0 Å². The van der Waals surface area contributed by atoms with E-state index in [1.165, 1.54) is 11.3 Å². The molecule has 1 amide bonds. The first-order valence-electron chi connectivity index (χ1n) is 5.52. The molecule has 0 radical (unpaired) electrons. The lowest BCUT2D eigenvalue weighted by atomic mass is 10.1. The maximum Gasteiger partial charge on any atom is 0.261 e. The van der Waals surface area contributed by atoms with Crippen LogP contribution in [0.4, 0.5) is 5.69 Å². The number of nitrogens with one attached hydrogen (secondary N) is 1. The fraction of sp³-hybridized carbons (Fsp3) is 0.154. The first-order chi connectivity index (χ1) is 8.66. The summed E-state index contributed by atoms with van der Waals surface area (Å²) in [5.74, 6) is -0.167. The molecule has 1 atom stereocenters. The van der Waals surface area contributed by atoms with Crippen LogP contribution in [0.25, 0.3) is 0 Å². The molecule has 4 nitrogen and oxygen atoms in total. The van der Waals surface area contributed by atoms with Gasteiger partial charge in [0, 0.05) is 12.2 Å². The van der Waals surface area contributed by atoms with Gasteiger partial charge < -0.3 is 16.2 Å². The van der Waals surface area contributed by atoms with E-state index in [-0.39, 0.29) is 12.5 Å². The largest absolute Gasteiger partial charge is 0.399 e. The molecule has 2 rings (SSSR count). The predicted molar refractivity (Wildman–Crippen MR) is 72.5 cm³/mol. The fourth-order valence-electron chi connectivity index (χ4n) is 1.52. The molecule has 18 heavy (non-hydrogen) atoms. The first kappa shape index (κ1) is 12.6. The Morgan fingerprint density at radius 1 is 1.33 bits per heavy atom. The third-order valence-corrected chi connectivity index (χ3v) is 3.39. The molecule has 0 bridgehead atoms. The average Bonchev–Trinajstić information content (AvgIpc) is 2.90. The van der Waals surface area contributed by atoms with Gasteiger partial charge in [-0.3, -0.25) is 4.79 Å². The SMILES string of the molecule is Nc1ccc(C(O)CNC(=O)c2cccs2)cc1. The second kappa shape index (κ2) is 5.66.